The van der Waals surface area contributed by atoms with Gasteiger partial charge in [-0.25, -0.2) is 38.2 Å². The molecule has 0 spiro atoms. The Morgan fingerprint density at radius 2 is 1.00 bits per heavy atom. The molecule has 0 amide bonds. The van der Waals surface area contributed by atoms with Crippen LogP contribution in [0.15, 0.2) is 36.5 Å². The molecule has 0 radical (unpaired) electrons. The van der Waals surface area contributed by atoms with Gasteiger partial charge in [0.15, 0.2) is 0 Å². The maximum absolute atomic E-state index is 4.85. The van der Waals surface area contributed by atoms with Crippen LogP contribution in [0.4, 0.5) is 0 Å². The van der Waals surface area contributed by atoms with Crippen LogP contribution in [0.3, 0.4) is 0 Å². The summed E-state index contributed by atoms with van der Waals surface area (Å²) in [5.74, 6) is 0. The summed E-state index contributed by atoms with van der Waals surface area (Å²) in [6.07, 6.45) is 16.8. The van der Waals surface area contributed by atoms with E-state index in [0.29, 0.717) is 0 Å². The molecule has 88 valence electrons. The molecule has 0 N–H and O–H groups in total. The van der Waals surface area contributed by atoms with Crippen molar-refractivity contribution < 1.29 is 15.1 Å². The Labute approximate surface area is 110 Å². The fraction of sp³-hybridized carbons (Fsp3) is 0.333. The Morgan fingerprint density at radius 1 is 0.733 bits per heavy atom. The average Bonchev–Trinajstić information content (AvgIpc) is 2.23. The van der Waals surface area contributed by atoms with Gasteiger partial charge in [-0.1, -0.05) is 25.0 Å². The zero-order chi connectivity index (χ0) is 11.8. The van der Waals surface area contributed by atoms with Gasteiger partial charge < -0.3 is 0 Å². The first-order valence-corrected chi connectivity index (χ1v) is 9.19. The van der Waals surface area contributed by atoms with Crippen molar-refractivity contribution in [2.24, 2.45) is 0 Å². The summed E-state index contributed by atoms with van der Waals surface area (Å²) >= 11 is -0.346. The van der Waals surface area contributed by atoms with Crippen molar-refractivity contribution in [3.8, 4) is 0 Å². The van der Waals surface area contributed by atoms with Crippen LogP contribution in [0, 0.1) is 13.8 Å². The fourth-order valence-electron chi connectivity index (χ4n) is 0.856. The third kappa shape index (κ3) is 25.0. The van der Waals surface area contributed by atoms with E-state index in [-0.39, 0.29) is 15.1 Å². The molecule has 0 aromatic carbocycles. The average molecular weight is 334 g/mol. The van der Waals surface area contributed by atoms with Crippen molar-refractivity contribution in [2.75, 3.05) is 0 Å². The Balaban J connectivity index is 0. The number of allylic oxidation sites excluding steroid dienone is 6. The van der Waals surface area contributed by atoms with Crippen LogP contribution in [0.1, 0.15) is 25.7 Å². The van der Waals surface area contributed by atoms with Crippen molar-refractivity contribution >= 4 is 19.4 Å². The van der Waals surface area contributed by atoms with Gasteiger partial charge in [0.05, 0.1) is 0 Å². The molecule has 0 fully saturated rings. The molecule has 0 aliphatic heterocycles. The van der Waals surface area contributed by atoms with Gasteiger partial charge in [-0.3, -0.25) is 0 Å². The third-order valence-corrected chi connectivity index (χ3v) is 1.50. The molecule has 0 aliphatic carbocycles. The molecule has 0 saturated heterocycles. The van der Waals surface area contributed by atoms with Gasteiger partial charge in [-0.2, -0.15) is 0 Å². The Bertz CT molecular complexity index is 156. The normalized spacial score (nSPS) is 11.1. The van der Waals surface area contributed by atoms with E-state index in [4.69, 9.17) is 19.4 Å². The Morgan fingerprint density at radius 3 is 1.27 bits per heavy atom. The van der Waals surface area contributed by atoms with E-state index in [0.717, 1.165) is 25.7 Å². The van der Waals surface area contributed by atoms with Crippen LogP contribution in [0.5, 0.6) is 0 Å². The van der Waals surface area contributed by atoms with E-state index in [9.17, 15) is 0 Å². The topological polar surface area (TPSA) is 0 Å². The summed E-state index contributed by atoms with van der Waals surface area (Å²) in [5.41, 5.74) is 0. The minimum atomic E-state index is -0.346. The predicted molar refractivity (Wildman–Crippen MR) is 68.3 cm³/mol. The number of rotatable bonds is 6. The summed E-state index contributed by atoms with van der Waals surface area (Å²) in [6.45, 7) is 7.25. The molecule has 0 atom stereocenters. The van der Waals surface area contributed by atoms with Crippen LogP contribution in [0.25, 0.3) is 0 Å². The van der Waals surface area contributed by atoms with E-state index in [2.05, 4.69) is 38.2 Å². The van der Waals surface area contributed by atoms with Crippen molar-refractivity contribution in [3.63, 3.8) is 0 Å². The summed E-state index contributed by atoms with van der Waals surface area (Å²) in [5, 5.41) is 0. The summed E-state index contributed by atoms with van der Waals surface area (Å²) in [6, 6.07) is 0. The van der Waals surface area contributed by atoms with Crippen molar-refractivity contribution in [3.05, 3.63) is 50.3 Å². The van der Waals surface area contributed by atoms with Crippen LogP contribution in [0.2, 0.25) is 0 Å². The molecule has 0 unspecified atom stereocenters. The summed E-state index contributed by atoms with van der Waals surface area (Å²) < 4.78 is 0. The quantitative estimate of drug-likeness (QED) is 0.269. The molecule has 0 bridgehead atoms. The molecule has 0 aromatic heterocycles. The Kier molecular flexibility index (Phi) is 23.0. The van der Waals surface area contributed by atoms with E-state index < -0.39 is 0 Å². The second-order valence-electron chi connectivity index (χ2n) is 2.62. The van der Waals surface area contributed by atoms with Crippen LogP contribution >= 0.6 is 19.4 Å². The molecule has 0 saturated carbocycles. The number of hydrogen-bond donors (Lipinski definition) is 0. The third-order valence-electron chi connectivity index (χ3n) is 1.50. The first-order chi connectivity index (χ1) is 7.33. The molecule has 0 heterocycles. The van der Waals surface area contributed by atoms with E-state index in [1.807, 2.05) is 12.2 Å². The fourth-order valence-corrected chi connectivity index (χ4v) is 0.856. The van der Waals surface area contributed by atoms with Gasteiger partial charge in [0.25, 0.3) is 0 Å². The van der Waals surface area contributed by atoms with Crippen LogP contribution < -0.4 is 0 Å². The minimum absolute atomic E-state index is 0.346. The van der Waals surface area contributed by atoms with Gasteiger partial charge in [-0.15, -0.1) is 0 Å². The second kappa shape index (κ2) is 19.7. The first-order valence-electron chi connectivity index (χ1n) is 4.72. The molecule has 0 nitrogen and oxygen atoms in total. The second-order valence-corrected chi connectivity index (χ2v) is 5.26. The van der Waals surface area contributed by atoms with Crippen LogP contribution in [-0.4, -0.2) is 0 Å². The van der Waals surface area contributed by atoms with Gasteiger partial charge in [-0.05, 0) is 12.8 Å². The van der Waals surface area contributed by atoms with Gasteiger partial charge in [0.2, 0.25) is 0 Å². The van der Waals surface area contributed by atoms with Crippen LogP contribution in [-0.2, 0) is 15.1 Å². The van der Waals surface area contributed by atoms with E-state index in [1.165, 1.54) is 0 Å². The monoisotopic (exact) mass is 334 g/mol. The molecular weight excluding hydrogens is 316 g/mol. The number of hydrogen-bond acceptors (Lipinski definition) is 0. The van der Waals surface area contributed by atoms with Gasteiger partial charge >= 0.3 is 34.5 Å². The van der Waals surface area contributed by atoms with Crippen molar-refractivity contribution in [2.45, 2.75) is 25.7 Å². The summed E-state index contributed by atoms with van der Waals surface area (Å²) in [7, 11) is 9.71. The zero-order valence-electron chi connectivity index (χ0n) is 8.82. The van der Waals surface area contributed by atoms with Crippen molar-refractivity contribution in [1.29, 1.82) is 0 Å². The van der Waals surface area contributed by atoms with E-state index in [1.54, 1.807) is 0 Å². The first kappa shape index (κ1) is 17.6. The standard InChI is InChI=1S/C12H18.2ClH.Ru/c1-3-5-7-9-11-12-10-8-6-4-2;;;/h3-6,11-12H,1-2,7-10H2;2*1H;/q-2;;;+4/p-2/b5-3-,6-4-,12-11-;;;. The predicted octanol–water partition coefficient (Wildman–Crippen LogP) is 5.26. The number of unbranched alkanes of at least 4 members (excludes halogenated alkanes) is 2. The number of halogens is 2. The van der Waals surface area contributed by atoms with Gasteiger partial charge in [0, 0.05) is 0 Å². The van der Waals surface area contributed by atoms with E-state index >= 15 is 0 Å². The molecule has 0 rings (SSSR count). The molecule has 0 aliphatic rings. The molecular formula is C12H18Cl2Ru. The SMILES string of the molecule is [CH2-]/C=C\CC/C=C\CC/C=C\[CH2-].[Cl][Ru+2][Cl]. The molecule has 3 heteroatoms. The van der Waals surface area contributed by atoms with Gasteiger partial charge in [0.1, 0.15) is 0 Å². The Hall–Kier alpha value is 0.163. The zero-order valence-corrected chi connectivity index (χ0v) is 12.1. The maximum atomic E-state index is 4.85. The summed E-state index contributed by atoms with van der Waals surface area (Å²) in [4.78, 5) is 0. The molecule has 15 heavy (non-hydrogen) atoms. The molecule has 0 aromatic rings. The van der Waals surface area contributed by atoms with Crippen molar-refractivity contribution in [1.82, 2.24) is 0 Å².